The number of aromatic nitrogens is 4. The molecule has 0 radical (unpaired) electrons. The van der Waals surface area contributed by atoms with E-state index in [4.69, 9.17) is 0 Å². The number of rotatable bonds is 3. The molecule has 0 atom stereocenters. The third-order valence-electron chi connectivity index (χ3n) is 4.80. The van der Waals surface area contributed by atoms with Crippen molar-refractivity contribution in [1.82, 2.24) is 24.5 Å². The molecule has 1 saturated heterocycles. The fourth-order valence-electron chi connectivity index (χ4n) is 3.45. The van der Waals surface area contributed by atoms with Crippen molar-refractivity contribution in [2.24, 2.45) is 7.05 Å². The van der Waals surface area contributed by atoms with Crippen LogP contribution in [-0.4, -0.2) is 43.5 Å². The molecule has 0 aliphatic carbocycles. The molecule has 0 N–H and O–H groups in total. The number of hydrogen-bond acceptors (Lipinski definition) is 3. The molecular weight excluding hydrogens is 302 g/mol. The number of likely N-dealkylation sites (tertiary alicyclic amines) is 1. The molecule has 0 saturated carbocycles. The van der Waals surface area contributed by atoms with Crippen LogP contribution in [-0.2, 0) is 18.4 Å². The van der Waals surface area contributed by atoms with E-state index in [1.165, 1.54) is 5.56 Å². The Labute approximate surface area is 140 Å². The van der Waals surface area contributed by atoms with Gasteiger partial charge in [0.15, 0.2) is 0 Å². The Morgan fingerprint density at radius 1 is 1.21 bits per heavy atom. The Morgan fingerprint density at radius 3 is 2.71 bits per heavy atom. The standard InChI is InChI=1S/C18H21N5O/c1-21-11-16(10-19-21)14-6-8-22(9-7-14)18(24)13-23-12-15-4-2-3-5-17(15)20-23/h2-5,10-12,14H,6-9,13H2,1H3. The van der Waals surface area contributed by atoms with Gasteiger partial charge in [-0.1, -0.05) is 18.2 Å². The second-order valence-corrected chi connectivity index (χ2v) is 6.49. The van der Waals surface area contributed by atoms with E-state index in [1.807, 2.05) is 53.3 Å². The average Bonchev–Trinajstić information content (AvgIpc) is 3.20. The summed E-state index contributed by atoms with van der Waals surface area (Å²) >= 11 is 0. The van der Waals surface area contributed by atoms with Crippen LogP contribution in [0.2, 0.25) is 0 Å². The highest BCUT2D eigenvalue weighted by Gasteiger charge is 2.24. The Morgan fingerprint density at radius 2 is 2.00 bits per heavy atom. The van der Waals surface area contributed by atoms with E-state index in [2.05, 4.69) is 16.4 Å². The van der Waals surface area contributed by atoms with Crippen molar-refractivity contribution < 1.29 is 4.79 Å². The first-order chi connectivity index (χ1) is 11.7. The highest BCUT2D eigenvalue weighted by atomic mass is 16.2. The molecule has 4 rings (SSSR count). The Kier molecular flexibility index (Phi) is 3.80. The lowest BCUT2D eigenvalue weighted by atomic mass is 9.91. The van der Waals surface area contributed by atoms with E-state index in [9.17, 15) is 4.79 Å². The molecule has 6 heteroatoms. The smallest absolute Gasteiger partial charge is 0.244 e. The molecule has 1 aromatic carbocycles. The molecular formula is C18H21N5O. The lowest BCUT2D eigenvalue weighted by Gasteiger charge is -2.31. The number of nitrogens with zero attached hydrogens (tertiary/aromatic N) is 5. The highest BCUT2D eigenvalue weighted by molar-refractivity contribution is 5.79. The number of carbonyl (C=O) groups is 1. The number of fused-ring (bicyclic) bond motifs is 1. The van der Waals surface area contributed by atoms with Gasteiger partial charge in [-0.05, 0) is 30.4 Å². The van der Waals surface area contributed by atoms with Crippen LogP contribution in [0, 0.1) is 0 Å². The first-order valence-electron chi connectivity index (χ1n) is 8.37. The fourth-order valence-corrected chi connectivity index (χ4v) is 3.45. The van der Waals surface area contributed by atoms with Gasteiger partial charge >= 0.3 is 0 Å². The summed E-state index contributed by atoms with van der Waals surface area (Å²) < 4.78 is 3.59. The Bertz CT molecular complexity index is 824. The summed E-state index contributed by atoms with van der Waals surface area (Å²) in [6.45, 7) is 1.92. The van der Waals surface area contributed by atoms with Gasteiger partial charge in [0.2, 0.25) is 5.91 Å². The van der Waals surface area contributed by atoms with Crippen molar-refractivity contribution in [3.8, 4) is 0 Å². The van der Waals surface area contributed by atoms with Crippen LogP contribution in [0.3, 0.4) is 0 Å². The van der Waals surface area contributed by atoms with E-state index in [0.29, 0.717) is 12.5 Å². The number of piperidine rings is 1. The van der Waals surface area contributed by atoms with Crippen molar-refractivity contribution in [3.05, 3.63) is 48.4 Å². The van der Waals surface area contributed by atoms with Gasteiger partial charge in [0, 0.05) is 37.9 Å². The van der Waals surface area contributed by atoms with Gasteiger partial charge < -0.3 is 4.90 Å². The number of aryl methyl sites for hydroxylation is 1. The summed E-state index contributed by atoms with van der Waals surface area (Å²) in [6.07, 6.45) is 7.96. The molecule has 1 amide bonds. The molecule has 2 aromatic heterocycles. The van der Waals surface area contributed by atoms with Crippen molar-refractivity contribution >= 4 is 16.8 Å². The Hall–Kier alpha value is -2.63. The zero-order valence-corrected chi connectivity index (χ0v) is 13.8. The summed E-state index contributed by atoms with van der Waals surface area (Å²) in [6, 6.07) is 7.93. The third-order valence-corrected chi connectivity index (χ3v) is 4.80. The minimum Gasteiger partial charge on any atom is -0.341 e. The zero-order chi connectivity index (χ0) is 16.5. The summed E-state index contributed by atoms with van der Waals surface area (Å²) in [4.78, 5) is 14.5. The van der Waals surface area contributed by atoms with Crippen molar-refractivity contribution in [3.63, 3.8) is 0 Å². The van der Waals surface area contributed by atoms with Crippen molar-refractivity contribution in [2.45, 2.75) is 25.3 Å². The summed E-state index contributed by atoms with van der Waals surface area (Å²) in [5.74, 6) is 0.655. The van der Waals surface area contributed by atoms with Crippen LogP contribution in [0.25, 0.3) is 10.9 Å². The maximum Gasteiger partial charge on any atom is 0.244 e. The van der Waals surface area contributed by atoms with Crippen LogP contribution in [0.1, 0.15) is 24.3 Å². The molecule has 6 nitrogen and oxygen atoms in total. The number of benzene rings is 1. The van der Waals surface area contributed by atoms with Gasteiger partial charge in [0.1, 0.15) is 6.54 Å². The number of amides is 1. The summed E-state index contributed by atoms with van der Waals surface area (Å²) in [5, 5.41) is 9.79. The highest BCUT2D eigenvalue weighted by Crippen LogP contribution is 2.27. The second-order valence-electron chi connectivity index (χ2n) is 6.49. The average molecular weight is 323 g/mol. The van der Waals surface area contributed by atoms with Crippen LogP contribution < -0.4 is 0 Å². The number of hydrogen-bond donors (Lipinski definition) is 0. The molecule has 1 aliphatic rings. The quantitative estimate of drug-likeness (QED) is 0.742. The van der Waals surface area contributed by atoms with Gasteiger partial charge in [0.25, 0.3) is 0 Å². The zero-order valence-electron chi connectivity index (χ0n) is 13.8. The molecule has 1 aliphatic heterocycles. The van der Waals surface area contributed by atoms with E-state index in [-0.39, 0.29) is 5.91 Å². The largest absolute Gasteiger partial charge is 0.341 e. The SMILES string of the molecule is Cn1cc(C2CCN(C(=O)Cn3cc4ccccc4n3)CC2)cn1. The van der Waals surface area contributed by atoms with E-state index >= 15 is 0 Å². The lowest BCUT2D eigenvalue weighted by Crippen LogP contribution is -2.39. The molecule has 3 heterocycles. The third kappa shape index (κ3) is 2.91. The lowest BCUT2D eigenvalue weighted by molar-refractivity contribution is -0.133. The van der Waals surface area contributed by atoms with Crippen LogP contribution >= 0.6 is 0 Å². The maximum atomic E-state index is 12.5. The predicted molar refractivity (Wildman–Crippen MR) is 91.5 cm³/mol. The fraction of sp³-hybridized carbons (Fsp3) is 0.389. The van der Waals surface area contributed by atoms with Crippen molar-refractivity contribution in [2.75, 3.05) is 13.1 Å². The van der Waals surface area contributed by atoms with Crippen LogP contribution in [0.5, 0.6) is 0 Å². The normalized spacial score (nSPS) is 16.0. The van der Waals surface area contributed by atoms with Gasteiger partial charge in [-0.25, -0.2) is 0 Å². The molecule has 1 fully saturated rings. The molecule has 124 valence electrons. The minimum atomic E-state index is 0.146. The van der Waals surface area contributed by atoms with E-state index in [0.717, 1.165) is 36.8 Å². The summed E-state index contributed by atoms with van der Waals surface area (Å²) in [7, 11) is 1.94. The van der Waals surface area contributed by atoms with Crippen LogP contribution in [0.4, 0.5) is 0 Å². The van der Waals surface area contributed by atoms with Crippen LogP contribution in [0.15, 0.2) is 42.9 Å². The first-order valence-corrected chi connectivity index (χ1v) is 8.37. The topological polar surface area (TPSA) is 56.0 Å². The molecule has 24 heavy (non-hydrogen) atoms. The van der Waals surface area contributed by atoms with E-state index in [1.54, 1.807) is 4.68 Å². The van der Waals surface area contributed by atoms with Gasteiger partial charge in [-0.2, -0.15) is 10.2 Å². The maximum absolute atomic E-state index is 12.5. The number of carbonyl (C=O) groups excluding carboxylic acids is 1. The van der Waals surface area contributed by atoms with Crippen molar-refractivity contribution in [1.29, 1.82) is 0 Å². The van der Waals surface area contributed by atoms with E-state index < -0.39 is 0 Å². The molecule has 3 aromatic rings. The Balaban J connectivity index is 1.37. The van der Waals surface area contributed by atoms with Gasteiger partial charge in [-0.3, -0.25) is 14.2 Å². The molecule has 0 unspecified atom stereocenters. The van der Waals surface area contributed by atoms with Gasteiger partial charge in [-0.15, -0.1) is 0 Å². The first kappa shape index (κ1) is 14.9. The summed E-state index contributed by atoms with van der Waals surface area (Å²) in [5.41, 5.74) is 2.21. The predicted octanol–water partition coefficient (Wildman–Crippen LogP) is 2.18. The monoisotopic (exact) mass is 323 g/mol. The van der Waals surface area contributed by atoms with Gasteiger partial charge in [0.05, 0.1) is 11.7 Å². The molecule has 0 spiro atoms. The minimum absolute atomic E-state index is 0.146. The second kappa shape index (κ2) is 6.11. The molecule has 0 bridgehead atoms.